The lowest BCUT2D eigenvalue weighted by Gasteiger charge is -2.12. The number of carboxylic acid groups (broad SMARTS) is 1. The molecule has 1 unspecified atom stereocenters. The van der Waals surface area contributed by atoms with Gasteiger partial charge in [-0.3, -0.25) is 4.79 Å². The molecule has 0 spiro atoms. The van der Waals surface area contributed by atoms with Crippen molar-refractivity contribution >= 4 is 56.5 Å². The molecule has 0 radical (unpaired) electrons. The molecule has 0 saturated carbocycles. The predicted octanol–water partition coefficient (Wildman–Crippen LogP) is 4.19. The van der Waals surface area contributed by atoms with E-state index in [1.165, 1.54) is 18.7 Å². The third-order valence-corrected chi connectivity index (χ3v) is 5.00. The number of nitrogens with one attached hydrogen (secondary N) is 1. The Balaban J connectivity index is 1.83. The number of benzene rings is 2. The van der Waals surface area contributed by atoms with Gasteiger partial charge in [0.05, 0.1) is 10.6 Å². The lowest BCUT2D eigenvalue weighted by atomic mass is 10.2. The molecule has 0 aromatic heterocycles. The van der Waals surface area contributed by atoms with E-state index in [-0.39, 0.29) is 5.91 Å². The van der Waals surface area contributed by atoms with Crippen molar-refractivity contribution in [3.63, 3.8) is 0 Å². The lowest BCUT2D eigenvalue weighted by molar-refractivity contribution is -0.144. The van der Waals surface area contributed by atoms with Crippen molar-refractivity contribution in [3.05, 3.63) is 63.5 Å². The van der Waals surface area contributed by atoms with E-state index in [1.807, 2.05) is 24.3 Å². The summed E-state index contributed by atoms with van der Waals surface area (Å²) in [5, 5.41) is 12.2. The molecule has 1 heterocycles. The highest BCUT2D eigenvalue weighted by molar-refractivity contribution is 9.10. The number of hydrogen-bond donors (Lipinski definition) is 2. The van der Waals surface area contributed by atoms with Crippen molar-refractivity contribution in [3.8, 4) is 5.75 Å². The molecular weight excluding hydrogens is 432 g/mol. The second-order valence-corrected chi connectivity index (χ2v) is 7.54. The van der Waals surface area contributed by atoms with E-state index in [2.05, 4.69) is 26.2 Å². The standard InChI is InChI=1S/C19H15BrN2O4S/c1-11(18(24)25)26-15-5-3-2-4-12(15)10-16-17(23)22-19(27-16)21-14-8-6-13(20)7-9-14/h2-11H,1H3,(H,24,25)(H,21,22,23)/b16-10+. The number of ether oxygens (including phenoxy) is 1. The summed E-state index contributed by atoms with van der Waals surface area (Å²) >= 11 is 4.58. The summed E-state index contributed by atoms with van der Waals surface area (Å²) < 4.78 is 6.41. The maximum atomic E-state index is 12.3. The van der Waals surface area contributed by atoms with Gasteiger partial charge in [-0.15, -0.1) is 0 Å². The molecule has 1 amide bonds. The van der Waals surface area contributed by atoms with E-state index in [4.69, 9.17) is 9.84 Å². The van der Waals surface area contributed by atoms with Gasteiger partial charge in [-0.25, -0.2) is 9.79 Å². The fourth-order valence-electron chi connectivity index (χ4n) is 2.20. The van der Waals surface area contributed by atoms with Gasteiger partial charge in [-0.1, -0.05) is 34.1 Å². The van der Waals surface area contributed by atoms with Crippen LogP contribution in [0.15, 0.2) is 62.9 Å². The SMILES string of the molecule is CC(Oc1ccccc1/C=C1/SC(=Nc2ccc(Br)cc2)NC1=O)C(=O)O. The summed E-state index contributed by atoms with van der Waals surface area (Å²) in [5.74, 6) is -0.932. The first-order valence-corrected chi connectivity index (χ1v) is 9.57. The summed E-state index contributed by atoms with van der Waals surface area (Å²) in [7, 11) is 0. The van der Waals surface area contributed by atoms with Crippen LogP contribution in [-0.2, 0) is 9.59 Å². The normalized spacial score (nSPS) is 17.8. The van der Waals surface area contributed by atoms with Crippen LogP contribution < -0.4 is 10.1 Å². The molecule has 2 aromatic rings. The maximum Gasteiger partial charge on any atom is 0.344 e. The number of thioether (sulfide) groups is 1. The van der Waals surface area contributed by atoms with Crippen LogP contribution in [0.5, 0.6) is 5.75 Å². The summed E-state index contributed by atoms with van der Waals surface area (Å²) in [4.78, 5) is 28.1. The first-order valence-electron chi connectivity index (χ1n) is 7.96. The summed E-state index contributed by atoms with van der Waals surface area (Å²) in [5.41, 5.74) is 1.34. The van der Waals surface area contributed by atoms with Crippen molar-refractivity contribution in [2.75, 3.05) is 0 Å². The molecule has 8 heteroatoms. The maximum absolute atomic E-state index is 12.3. The molecule has 0 bridgehead atoms. The van der Waals surface area contributed by atoms with Crippen LogP contribution in [-0.4, -0.2) is 28.3 Å². The van der Waals surface area contributed by atoms with Crippen molar-refractivity contribution < 1.29 is 19.4 Å². The number of aliphatic carboxylic acids is 1. The Labute approximate surface area is 168 Å². The van der Waals surface area contributed by atoms with Gasteiger partial charge in [0.15, 0.2) is 11.3 Å². The van der Waals surface area contributed by atoms with Crippen LogP contribution in [0, 0.1) is 0 Å². The Morgan fingerprint density at radius 1 is 1.26 bits per heavy atom. The second kappa shape index (κ2) is 8.41. The van der Waals surface area contributed by atoms with Gasteiger partial charge < -0.3 is 15.2 Å². The number of para-hydroxylation sites is 1. The minimum absolute atomic E-state index is 0.267. The van der Waals surface area contributed by atoms with Crippen LogP contribution >= 0.6 is 27.7 Å². The van der Waals surface area contributed by atoms with Crippen LogP contribution in [0.1, 0.15) is 12.5 Å². The van der Waals surface area contributed by atoms with Crippen molar-refractivity contribution in [2.24, 2.45) is 4.99 Å². The summed E-state index contributed by atoms with van der Waals surface area (Å²) in [6.45, 7) is 1.45. The topological polar surface area (TPSA) is 88.0 Å². The smallest absolute Gasteiger partial charge is 0.344 e. The van der Waals surface area contributed by atoms with Gasteiger partial charge >= 0.3 is 5.97 Å². The van der Waals surface area contributed by atoms with Crippen molar-refractivity contribution in [2.45, 2.75) is 13.0 Å². The number of aliphatic imine (C=N–C) groups is 1. The molecule has 1 fully saturated rings. The van der Waals surface area contributed by atoms with Crippen LogP contribution in [0.3, 0.4) is 0 Å². The fourth-order valence-corrected chi connectivity index (χ4v) is 3.30. The fraction of sp³-hybridized carbons (Fsp3) is 0.105. The van der Waals surface area contributed by atoms with Gasteiger partial charge in [0, 0.05) is 10.0 Å². The Kier molecular flexibility index (Phi) is 5.98. The van der Waals surface area contributed by atoms with E-state index in [0.717, 1.165) is 10.2 Å². The van der Waals surface area contributed by atoms with Crippen LogP contribution in [0.25, 0.3) is 6.08 Å². The number of carboxylic acids is 1. The Morgan fingerprint density at radius 2 is 1.96 bits per heavy atom. The molecular formula is C19H15BrN2O4S. The zero-order valence-electron chi connectivity index (χ0n) is 14.2. The van der Waals surface area contributed by atoms with Crippen molar-refractivity contribution in [1.82, 2.24) is 5.32 Å². The monoisotopic (exact) mass is 446 g/mol. The number of carbonyl (C=O) groups is 2. The number of amides is 1. The minimum atomic E-state index is -1.06. The molecule has 2 N–H and O–H groups in total. The molecule has 0 aliphatic carbocycles. The predicted molar refractivity (Wildman–Crippen MR) is 109 cm³/mol. The third kappa shape index (κ3) is 4.99. The van der Waals surface area contributed by atoms with Gasteiger partial charge in [-0.2, -0.15) is 0 Å². The molecule has 2 aromatic carbocycles. The van der Waals surface area contributed by atoms with Crippen LogP contribution in [0.4, 0.5) is 5.69 Å². The molecule has 1 saturated heterocycles. The molecule has 1 aliphatic heterocycles. The summed E-state index contributed by atoms with van der Waals surface area (Å²) in [6, 6.07) is 14.4. The molecule has 1 aliphatic rings. The van der Waals surface area contributed by atoms with Gasteiger partial charge in [0.1, 0.15) is 5.75 Å². The lowest BCUT2D eigenvalue weighted by Crippen LogP contribution is -2.23. The second-order valence-electron chi connectivity index (χ2n) is 5.59. The number of carbonyl (C=O) groups excluding carboxylic acids is 1. The third-order valence-electron chi connectivity index (χ3n) is 3.57. The average Bonchev–Trinajstić information content (AvgIpc) is 2.97. The van der Waals surface area contributed by atoms with Gasteiger partial charge in [0.2, 0.25) is 0 Å². The minimum Gasteiger partial charge on any atom is -0.479 e. The van der Waals surface area contributed by atoms with E-state index in [0.29, 0.717) is 21.4 Å². The quantitative estimate of drug-likeness (QED) is 0.672. The molecule has 6 nitrogen and oxygen atoms in total. The number of nitrogens with zero attached hydrogens (tertiary/aromatic N) is 1. The van der Waals surface area contributed by atoms with E-state index >= 15 is 0 Å². The van der Waals surface area contributed by atoms with E-state index < -0.39 is 12.1 Å². The highest BCUT2D eigenvalue weighted by atomic mass is 79.9. The van der Waals surface area contributed by atoms with Gasteiger partial charge in [-0.05, 0) is 55.1 Å². The molecule has 27 heavy (non-hydrogen) atoms. The number of hydrogen-bond acceptors (Lipinski definition) is 5. The Morgan fingerprint density at radius 3 is 2.67 bits per heavy atom. The zero-order valence-corrected chi connectivity index (χ0v) is 16.6. The highest BCUT2D eigenvalue weighted by Gasteiger charge is 2.24. The number of rotatable bonds is 5. The molecule has 1 atom stereocenters. The average molecular weight is 447 g/mol. The Bertz CT molecular complexity index is 941. The number of halogens is 1. The van der Waals surface area contributed by atoms with E-state index in [9.17, 15) is 9.59 Å². The van der Waals surface area contributed by atoms with Crippen molar-refractivity contribution in [1.29, 1.82) is 0 Å². The summed E-state index contributed by atoms with van der Waals surface area (Å²) in [6.07, 6.45) is 0.665. The van der Waals surface area contributed by atoms with Crippen LogP contribution in [0.2, 0.25) is 0 Å². The zero-order chi connectivity index (χ0) is 19.4. The molecule has 138 valence electrons. The van der Waals surface area contributed by atoms with E-state index in [1.54, 1.807) is 30.3 Å². The number of amidine groups is 1. The highest BCUT2D eigenvalue weighted by Crippen LogP contribution is 2.31. The first kappa shape index (κ1) is 19.2. The molecule has 3 rings (SSSR count). The van der Waals surface area contributed by atoms with Gasteiger partial charge in [0.25, 0.3) is 5.91 Å². The largest absolute Gasteiger partial charge is 0.479 e. The Hall–Kier alpha value is -2.58. The first-order chi connectivity index (χ1) is 12.9.